The van der Waals surface area contributed by atoms with Crippen molar-refractivity contribution in [2.45, 2.75) is 18.9 Å². The van der Waals surface area contributed by atoms with Gasteiger partial charge in [0.1, 0.15) is 5.75 Å². The number of carbonyl (C=O) groups excluding carboxylic acids is 1. The van der Waals surface area contributed by atoms with Gasteiger partial charge in [0.2, 0.25) is 11.7 Å². The lowest BCUT2D eigenvalue weighted by Gasteiger charge is -2.25. The van der Waals surface area contributed by atoms with Gasteiger partial charge in [-0.3, -0.25) is 4.79 Å². The largest absolute Gasteiger partial charge is 0.497 e. The Hall–Kier alpha value is -2.93. The van der Waals surface area contributed by atoms with Gasteiger partial charge in [-0.05, 0) is 49.8 Å². The first-order valence-corrected chi connectivity index (χ1v) is 9.80. The van der Waals surface area contributed by atoms with E-state index in [4.69, 9.17) is 18.9 Å². The number of rotatable bonds is 11. The molecule has 0 aromatic heterocycles. The average molecular weight is 417 g/mol. The molecular formula is C23H32N2O5. The molecule has 7 nitrogen and oxygen atoms in total. The predicted octanol–water partition coefficient (Wildman–Crippen LogP) is 3.07. The molecule has 0 aliphatic heterocycles. The molecule has 1 unspecified atom stereocenters. The Labute approximate surface area is 178 Å². The zero-order valence-corrected chi connectivity index (χ0v) is 18.7. The molecule has 0 bridgehead atoms. The zero-order valence-electron chi connectivity index (χ0n) is 18.7. The van der Waals surface area contributed by atoms with Crippen molar-refractivity contribution >= 4 is 5.91 Å². The molecule has 0 heterocycles. The van der Waals surface area contributed by atoms with E-state index in [0.717, 1.165) is 16.9 Å². The van der Waals surface area contributed by atoms with Crippen LogP contribution in [0.1, 0.15) is 23.6 Å². The standard InChI is InChI=1S/C23H32N2O5/c1-25(2)19(17-8-7-9-18(14-17)27-3)15-24-21(26)13-11-16-10-12-20(28-4)23(30-6)22(16)29-5/h7-10,12,14,19H,11,13,15H2,1-6H3,(H,24,26). The highest BCUT2D eigenvalue weighted by Gasteiger charge is 2.18. The monoisotopic (exact) mass is 416 g/mol. The Morgan fingerprint density at radius 2 is 1.70 bits per heavy atom. The van der Waals surface area contributed by atoms with E-state index < -0.39 is 0 Å². The molecule has 2 rings (SSSR count). The van der Waals surface area contributed by atoms with Crippen molar-refractivity contribution in [3.05, 3.63) is 47.5 Å². The van der Waals surface area contributed by atoms with Crippen LogP contribution < -0.4 is 24.3 Å². The molecule has 0 aliphatic carbocycles. The summed E-state index contributed by atoms with van der Waals surface area (Å²) in [6.07, 6.45) is 0.866. The van der Waals surface area contributed by atoms with Crippen LogP contribution in [-0.4, -0.2) is 59.9 Å². The van der Waals surface area contributed by atoms with Crippen molar-refractivity contribution in [2.24, 2.45) is 0 Å². The van der Waals surface area contributed by atoms with Gasteiger partial charge < -0.3 is 29.2 Å². The Morgan fingerprint density at radius 1 is 0.967 bits per heavy atom. The van der Waals surface area contributed by atoms with Gasteiger partial charge in [0.05, 0.1) is 34.5 Å². The topological polar surface area (TPSA) is 69.3 Å². The maximum Gasteiger partial charge on any atom is 0.220 e. The number of aryl methyl sites for hydroxylation is 1. The van der Waals surface area contributed by atoms with Crippen LogP contribution in [0.15, 0.2) is 36.4 Å². The Kier molecular flexibility index (Phi) is 8.80. The van der Waals surface area contributed by atoms with Crippen LogP contribution in [0.3, 0.4) is 0 Å². The zero-order chi connectivity index (χ0) is 22.1. The fourth-order valence-corrected chi connectivity index (χ4v) is 3.35. The third-order valence-corrected chi connectivity index (χ3v) is 5.00. The van der Waals surface area contributed by atoms with E-state index in [1.165, 1.54) is 0 Å². The van der Waals surface area contributed by atoms with Crippen LogP contribution in [-0.2, 0) is 11.2 Å². The highest BCUT2D eigenvalue weighted by molar-refractivity contribution is 5.76. The van der Waals surface area contributed by atoms with Crippen molar-refractivity contribution in [3.63, 3.8) is 0 Å². The van der Waals surface area contributed by atoms with E-state index in [1.807, 2.05) is 50.5 Å². The molecule has 0 radical (unpaired) electrons. The highest BCUT2D eigenvalue weighted by atomic mass is 16.5. The minimum Gasteiger partial charge on any atom is -0.497 e. The average Bonchev–Trinajstić information content (AvgIpc) is 2.76. The summed E-state index contributed by atoms with van der Waals surface area (Å²) < 4.78 is 21.5. The molecule has 1 N–H and O–H groups in total. The van der Waals surface area contributed by atoms with Crippen LogP contribution in [0, 0.1) is 0 Å². The number of methoxy groups -OCH3 is 4. The Bertz CT molecular complexity index is 838. The minimum atomic E-state index is -0.0263. The molecule has 0 aliphatic rings. The van der Waals surface area contributed by atoms with Crippen molar-refractivity contribution in [3.8, 4) is 23.0 Å². The number of hydrogen-bond donors (Lipinski definition) is 1. The molecule has 1 atom stereocenters. The quantitative estimate of drug-likeness (QED) is 0.607. The summed E-state index contributed by atoms with van der Waals surface area (Å²) in [5, 5.41) is 3.04. The molecule has 164 valence electrons. The summed E-state index contributed by atoms with van der Waals surface area (Å²) in [6.45, 7) is 0.502. The molecule has 0 saturated heterocycles. The van der Waals surface area contributed by atoms with Gasteiger partial charge in [-0.25, -0.2) is 0 Å². The summed E-state index contributed by atoms with van der Waals surface area (Å²) in [4.78, 5) is 14.6. The van der Waals surface area contributed by atoms with Crippen LogP contribution in [0.5, 0.6) is 23.0 Å². The third kappa shape index (κ3) is 5.79. The number of carbonyl (C=O) groups is 1. The summed E-state index contributed by atoms with van der Waals surface area (Å²) in [6, 6.07) is 11.6. The second kappa shape index (κ2) is 11.3. The smallest absolute Gasteiger partial charge is 0.220 e. The normalized spacial score (nSPS) is 11.7. The van der Waals surface area contributed by atoms with Crippen molar-refractivity contribution in [1.29, 1.82) is 0 Å². The van der Waals surface area contributed by atoms with E-state index in [1.54, 1.807) is 28.4 Å². The van der Waals surface area contributed by atoms with E-state index in [-0.39, 0.29) is 11.9 Å². The molecular weight excluding hydrogens is 384 g/mol. The van der Waals surface area contributed by atoms with Gasteiger partial charge in [-0.2, -0.15) is 0 Å². The van der Waals surface area contributed by atoms with Crippen LogP contribution in [0.2, 0.25) is 0 Å². The van der Waals surface area contributed by atoms with E-state index in [9.17, 15) is 4.79 Å². The lowest BCUT2D eigenvalue weighted by Crippen LogP contribution is -2.34. The summed E-state index contributed by atoms with van der Waals surface area (Å²) in [7, 11) is 10.4. The number of nitrogens with one attached hydrogen (secondary N) is 1. The third-order valence-electron chi connectivity index (χ3n) is 5.00. The van der Waals surface area contributed by atoms with Crippen LogP contribution >= 0.6 is 0 Å². The molecule has 2 aromatic rings. The Balaban J connectivity index is 2.01. The molecule has 7 heteroatoms. The van der Waals surface area contributed by atoms with E-state index in [0.29, 0.717) is 36.6 Å². The highest BCUT2D eigenvalue weighted by Crippen LogP contribution is 2.40. The summed E-state index contributed by atoms with van der Waals surface area (Å²) in [5.41, 5.74) is 1.98. The molecule has 0 saturated carbocycles. The second-order valence-electron chi connectivity index (χ2n) is 7.05. The Morgan fingerprint density at radius 3 is 2.30 bits per heavy atom. The van der Waals surface area contributed by atoms with Crippen molar-refractivity contribution in [1.82, 2.24) is 10.2 Å². The number of amides is 1. The fourth-order valence-electron chi connectivity index (χ4n) is 3.35. The molecule has 0 spiro atoms. The summed E-state index contributed by atoms with van der Waals surface area (Å²) in [5.74, 6) is 2.48. The first kappa shape index (κ1) is 23.3. The van der Waals surface area contributed by atoms with Gasteiger partial charge in [0.15, 0.2) is 11.5 Å². The lowest BCUT2D eigenvalue weighted by molar-refractivity contribution is -0.121. The fraction of sp³-hybridized carbons (Fsp3) is 0.435. The molecule has 1 amide bonds. The van der Waals surface area contributed by atoms with Crippen molar-refractivity contribution < 1.29 is 23.7 Å². The van der Waals surface area contributed by atoms with Gasteiger partial charge in [0.25, 0.3) is 0 Å². The summed E-state index contributed by atoms with van der Waals surface area (Å²) >= 11 is 0. The number of likely N-dealkylation sites (N-methyl/N-ethyl adjacent to an activating group) is 1. The second-order valence-corrected chi connectivity index (χ2v) is 7.05. The van der Waals surface area contributed by atoms with Crippen LogP contribution in [0.25, 0.3) is 0 Å². The number of ether oxygens (including phenoxy) is 4. The van der Waals surface area contributed by atoms with Gasteiger partial charge in [-0.1, -0.05) is 18.2 Å². The van der Waals surface area contributed by atoms with E-state index >= 15 is 0 Å². The minimum absolute atomic E-state index is 0.0263. The maximum atomic E-state index is 12.5. The SMILES string of the molecule is COc1cccc(C(CNC(=O)CCc2ccc(OC)c(OC)c2OC)N(C)C)c1. The lowest BCUT2D eigenvalue weighted by atomic mass is 10.0. The molecule has 30 heavy (non-hydrogen) atoms. The first-order chi connectivity index (χ1) is 14.4. The van der Waals surface area contributed by atoms with Crippen LogP contribution in [0.4, 0.5) is 0 Å². The van der Waals surface area contributed by atoms with Gasteiger partial charge in [-0.15, -0.1) is 0 Å². The van der Waals surface area contributed by atoms with E-state index in [2.05, 4.69) is 10.2 Å². The number of benzene rings is 2. The number of hydrogen-bond acceptors (Lipinski definition) is 6. The molecule has 0 fully saturated rings. The van der Waals surface area contributed by atoms with Gasteiger partial charge in [0, 0.05) is 13.0 Å². The number of nitrogens with zero attached hydrogens (tertiary/aromatic N) is 1. The van der Waals surface area contributed by atoms with Gasteiger partial charge >= 0.3 is 0 Å². The maximum absolute atomic E-state index is 12.5. The molecule has 2 aromatic carbocycles. The predicted molar refractivity (Wildman–Crippen MR) is 117 cm³/mol. The van der Waals surface area contributed by atoms with Crippen molar-refractivity contribution in [2.75, 3.05) is 49.1 Å². The first-order valence-electron chi connectivity index (χ1n) is 9.80.